The number of imidazole rings is 1. The van der Waals surface area contributed by atoms with Crippen LogP contribution in [0, 0.1) is 46.3 Å². The number of para-hydroxylation sites is 2. The maximum Gasteiger partial charge on any atom is 0.107 e. The molecule has 0 aliphatic heterocycles. The van der Waals surface area contributed by atoms with Gasteiger partial charge in [-0.2, -0.15) is 0 Å². The van der Waals surface area contributed by atoms with Gasteiger partial charge < -0.3 is 20.3 Å². The van der Waals surface area contributed by atoms with E-state index in [1.54, 1.807) is 0 Å². The fourth-order valence-electron chi connectivity index (χ4n) is 9.82. The monoisotopic (exact) mass is 480 g/mol. The fraction of sp³-hybridized carbons (Fsp3) is 0.767. The van der Waals surface area contributed by atoms with Gasteiger partial charge in [0.2, 0.25) is 0 Å². The second-order valence-corrected chi connectivity index (χ2v) is 13.2. The molecule has 0 amide bonds. The second kappa shape index (κ2) is 8.56. The van der Waals surface area contributed by atoms with E-state index in [4.69, 9.17) is 4.98 Å². The van der Waals surface area contributed by atoms with Crippen molar-refractivity contribution in [2.75, 3.05) is 0 Å². The van der Waals surface area contributed by atoms with E-state index in [0.29, 0.717) is 29.6 Å². The number of aliphatic hydroxyl groups is 3. The molecule has 35 heavy (non-hydrogen) atoms. The molecule has 4 aliphatic carbocycles. The fourth-order valence-corrected chi connectivity index (χ4v) is 9.82. The third kappa shape index (κ3) is 3.63. The summed E-state index contributed by atoms with van der Waals surface area (Å²) in [6, 6.07) is 8.22. The summed E-state index contributed by atoms with van der Waals surface area (Å²) in [7, 11) is 0. The Kier molecular flexibility index (Phi) is 5.86. The predicted octanol–water partition coefficient (Wildman–Crippen LogP) is 5.09. The van der Waals surface area contributed by atoms with Crippen LogP contribution in [0.1, 0.15) is 78.0 Å². The van der Waals surface area contributed by atoms with E-state index in [2.05, 4.69) is 37.9 Å². The number of nitrogens with zero attached hydrogens (tertiary/aromatic N) is 1. The van der Waals surface area contributed by atoms with Crippen molar-refractivity contribution in [1.82, 2.24) is 9.97 Å². The lowest BCUT2D eigenvalue weighted by molar-refractivity contribution is -0.207. The number of aryl methyl sites for hydroxylation is 1. The molecule has 1 heterocycles. The molecule has 5 nitrogen and oxygen atoms in total. The topological polar surface area (TPSA) is 89.4 Å². The van der Waals surface area contributed by atoms with Crippen LogP contribution >= 0.6 is 0 Å². The zero-order valence-corrected chi connectivity index (χ0v) is 21.7. The van der Waals surface area contributed by atoms with Crippen LogP contribution in [0.4, 0.5) is 0 Å². The van der Waals surface area contributed by atoms with Crippen molar-refractivity contribution in [2.45, 2.75) is 96.9 Å². The Labute approximate surface area is 209 Å². The molecule has 6 unspecified atom stereocenters. The van der Waals surface area contributed by atoms with Crippen LogP contribution in [0.2, 0.25) is 0 Å². The summed E-state index contributed by atoms with van der Waals surface area (Å²) in [5.74, 6) is 3.43. The Balaban J connectivity index is 1.21. The van der Waals surface area contributed by atoms with Crippen LogP contribution in [0.25, 0.3) is 11.0 Å². The van der Waals surface area contributed by atoms with Gasteiger partial charge in [-0.15, -0.1) is 0 Å². The smallest absolute Gasteiger partial charge is 0.107 e. The first-order valence-corrected chi connectivity index (χ1v) is 14.2. The van der Waals surface area contributed by atoms with Gasteiger partial charge in [-0.3, -0.25) is 0 Å². The summed E-state index contributed by atoms with van der Waals surface area (Å²) >= 11 is 0. The normalized spacial score (nSPS) is 46.1. The highest BCUT2D eigenvalue weighted by molar-refractivity contribution is 5.74. The van der Waals surface area contributed by atoms with Crippen molar-refractivity contribution in [3.63, 3.8) is 0 Å². The van der Waals surface area contributed by atoms with Crippen molar-refractivity contribution in [3.8, 4) is 0 Å². The molecule has 4 saturated carbocycles. The highest BCUT2D eigenvalue weighted by Crippen LogP contribution is 2.68. The minimum absolute atomic E-state index is 0.132. The number of fused-ring (bicyclic) bond motifs is 6. The van der Waals surface area contributed by atoms with E-state index in [0.717, 1.165) is 74.6 Å². The van der Waals surface area contributed by atoms with Crippen LogP contribution in [-0.2, 0) is 6.42 Å². The lowest BCUT2D eigenvalue weighted by Gasteiger charge is -2.63. The quantitative estimate of drug-likeness (QED) is 0.491. The number of hydrogen-bond donors (Lipinski definition) is 4. The van der Waals surface area contributed by atoms with E-state index < -0.39 is 0 Å². The first-order chi connectivity index (χ1) is 16.7. The van der Waals surface area contributed by atoms with E-state index >= 15 is 0 Å². The van der Waals surface area contributed by atoms with Gasteiger partial charge in [-0.1, -0.05) is 32.9 Å². The number of H-pyrrole nitrogens is 1. The molecule has 11 atom stereocenters. The molecule has 1 aromatic heterocycles. The average molecular weight is 481 g/mol. The number of aliphatic hydroxyl groups excluding tert-OH is 3. The molecule has 4 N–H and O–H groups in total. The average Bonchev–Trinajstić information content (AvgIpc) is 3.41. The Hall–Kier alpha value is -1.43. The highest BCUT2D eigenvalue weighted by atomic mass is 16.3. The van der Waals surface area contributed by atoms with Crippen molar-refractivity contribution in [1.29, 1.82) is 0 Å². The molecule has 192 valence electrons. The molecule has 0 saturated heterocycles. The summed E-state index contributed by atoms with van der Waals surface area (Å²) in [6.45, 7) is 7.13. The first kappa shape index (κ1) is 23.9. The van der Waals surface area contributed by atoms with Crippen LogP contribution in [-0.4, -0.2) is 43.6 Å². The maximum absolute atomic E-state index is 11.8. The number of hydrogen-bond acceptors (Lipinski definition) is 4. The SMILES string of the molecule is CC(CCc1nc2ccccc2[nH]1)C1CCC2C3C(O)C[C@@H]4C[C@H](O)CC[C@]4(C)C3C[C@H](O)[C@]12C. The van der Waals surface area contributed by atoms with Gasteiger partial charge in [-0.25, -0.2) is 4.98 Å². The Morgan fingerprint density at radius 1 is 1.03 bits per heavy atom. The summed E-state index contributed by atoms with van der Waals surface area (Å²) in [4.78, 5) is 8.27. The number of rotatable bonds is 4. The lowest BCUT2D eigenvalue weighted by Crippen LogP contribution is -2.62. The molecule has 5 heteroatoms. The molecule has 6 rings (SSSR count). The Morgan fingerprint density at radius 3 is 2.63 bits per heavy atom. The number of aromatic amines is 1. The van der Waals surface area contributed by atoms with Gasteiger partial charge in [0.15, 0.2) is 0 Å². The van der Waals surface area contributed by atoms with E-state index in [1.165, 1.54) is 0 Å². The molecular formula is C30H44N2O3. The minimum atomic E-state index is -0.315. The van der Waals surface area contributed by atoms with Crippen LogP contribution in [0.5, 0.6) is 0 Å². The van der Waals surface area contributed by atoms with Crippen molar-refractivity contribution < 1.29 is 15.3 Å². The molecule has 0 spiro atoms. The molecule has 0 bridgehead atoms. The molecule has 4 aliphatic rings. The van der Waals surface area contributed by atoms with Crippen LogP contribution in [0.3, 0.4) is 0 Å². The lowest BCUT2D eigenvalue weighted by atomic mass is 9.43. The van der Waals surface area contributed by atoms with Crippen LogP contribution in [0.15, 0.2) is 24.3 Å². The molecule has 0 radical (unpaired) electrons. The van der Waals surface area contributed by atoms with E-state index in [-0.39, 0.29) is 35.1 Å². The molecular weight excluding hydrogens is 436 g/mol. The summed E-state index contributed by atoms with van der Waals surface area (Å²) in [5, 5.41) is 33.6. The summed E-state index contributed by atoms with van der Waals surface area (Å²) in [6.07, 6.45) is 7.77. The Morgan fingerprint density at radius 2 is 1.83 bits per heavy atom. The second-order valence-electron chi connectivity index (χ2n) is 13.2. The molecule has 4 fully saturated rings. The number of aromatic nitrogens is 2. The van der Waals surface area contributed by atoms with Gasteiger partial charge in [0.25, 0.3) is 0 Å². The molecule has 2 aromatic rings. The zero-order chi connectivity index (χ0) is 24.5. The van der Waals surface area contributed by atoms with Crippen molar-refractivity contribution in [3.05, 3.63) is 30.1 Å². The molecule has 1 aromatic carbocycles. The third-order valence-electron chi connectivity index (χ3n) is 11.8. The van der Waals surface area contributed by atoms with E-state index in [9.17, 15) is 15.3 Å². The number of nitrogens with one attached hydrogen (secondary N) is 1. The van der Waals surface area contributed by atoms with Crippen molar-refractivity contribution >= 4 is 11.0 Å². The van der Waals surface area contributed by atoms with Gasteiger partial charge in [0, 0.05) is 6.42 Å². The van der Waals surface area contributed by atoms with Gasteiger partial charge in [0.05, 0.1) is 29.3 Å². The highest BCUT2D eigenvalue weighted by Gasteiger charge is 2.65. The standard InChI is InChI=1S/C30H44N2O3/c1-17(8-11-27-31-23-6-4-5-7-24(23)32-27)20-9-10-21-28-22(16-26(35)30(20,21)3)29(2)13-12-19(33)14-18(29)15-25(28)34/h4-7,17-22,25-26,28,33-35H,8-16H2,1-3H3,(H,31,32)/t17?,18-,19+,20?,21?,22?,25?,26-,28?,29-,30+/m0/s1. The van der Waals surface area contributed by atoms with Gasteiger partial charge in [0.1, 0.15) is 5.82 Å². The number of benzene rings is 1. The van der Waals surface area contributed by atoms with Gasteiger partial charge in [-0.05, 0) is 110 Å². The van der Waals surface area contributed by atoms with Crippen molar-refractivity contribution in [2.24, 2.45) is 46.3 Å². The third-order valence-corrected chi connectivity index (χ3v) is 11.8. The van der Waals surface area contributed by atoms with Crippen LogP contribution < -0.4 is 0 Å². The maximum atomic E-state index is 11.8. The minimum Gasteiger partial charge on any atom is -0.393 e. The Bertz CT molecular complexity index is 1040. The zero-order valence-electron chi connectivity index (χ0n) is 21.7. The largest absolute Gasteiger partial charge is 0.393 e. The predicted molar refractivity (Wildman–Crippen MR) is 138 cm³/mol. The van der Waals surface area contributed by atoms with Gasteiger partial charge >= 0.3 is 0 Å². The summed E-state index contributed by atoms with van der Waals surface area (Å²) in [5.41, 5.74) is 2.14. The van der Waals surface area contributed by atoms with E-state index in [1.807, 2.05) is 12.1 Å². The first-order valence-electron chi connectivity index (χ1n) is 14.2. The summed E-state index contributed by atoms with van der Waals surface area (Å²) < 4.78 is 0.